The van der Waals surface area contributed by atoms with Crippen molar-refractivity contribution < 1.29 is 61.3 Å². The Balaban J connectivity index is 2.48. The highest BCUT2D eigenvalue weighted by atomic mass is 31.2. The van der Waals surface area contributed by atoms with Gasteiger partial charge in [-0.2, -0.15) is 4.57 Å². The summed E-state index contributed by atoms with van der Waals surface area (Å²) in [4.78, 5) is 60.7. The largest absolute Gasteiger partial charge is 0.468 e. The fraction of sp³-hybridized carbons (Fsp3) is 0.600. The van der Waals surface area contributed by atoms with E-state index in [0.29, 0.717) is 0 Å². The lowest BCUT2D eigenvalue weighted by Gasteiger charge is -2.27. The third-order valence-electron chi connectivity index (χ3n) is 6.06. The van der Waals surface area contributed by atoms with Gasteiger partial charge in [-0.1, -0.05) is 13.8 Å². The van der Waals surface area contributed by atoms with Crippen LogP contribution in [0.2, 0.25) is 0 Å². The molecular weight excluding hydrogens is 579 g/mol. The lowest BCUT2D eigenvalue weighted by atomic mass is 10.1. The van der Waals surface area contributed by atoms with Crippen LogP contribution in [0.1, 0.15) is 57.1 Å². The minimum atomic E-state index is -4.25. The predicted molar refractivity (Wildman–Crippen MR) is 142 cm³/mol. The molecule has 0 spiro atoms. The van der Waals surface area contributed by atoms with Gasteiger partial charge in [-0.05, 0) is 19.9 Å². The number of carbonyl (C=O) groups is 5. The number of nitrogens with two attached hydrogens (primary N) is 1. The fourth-order valence-corrected chi connectivity index (χ4v) is 5.69. The van der Waals surface area contributed by atoms with Crippen LogP contribution in [0, 0.1) is 0 Å². The molecular formula is C25H38N4O12P+. The van der Waals surface area contributed by atoms with Crippen LogP contribution in [-0.2, 0) is 52.0 Å². The predicted octanol–water partition coefficient (Wildman–Crippen LogP) is 0.0409. The van der Waals surface area contributed by atoms with Crippen molar-refractivity contribution in [2.45, 2.75) is 77.2 Å². The number of pyridine rings is 1. The number of amides is 1. The van der Waals surface area contributed by atoms with E-state index in [0.717, 1.165) is 14.2 Å². The van der Waals surface area contributed by atoms with E-state index in [4.69, 9.17) is 24.5 Å². The maximum absolute atomic E-state index is 13.8. The zero-order valence-corrected chi connectivity index (χ0v) is 25.2. The molecule has 1 amide bonds. The first kappa shape index (κ1) is 34.8. The van der Waals surface area contributed by atoms with Crippen LogP contribution < -0.4 is 20.5 Å². The number of nitrogens with zero attached hydrogens (tertiary/aromatic N) is 1. The Labute approximate surface area is 243 Å². The zero-order chi connectivity index (χ0) is 31.6. The molecule has 42 heavy (non-hydrogen) atoms. The lowest BCUT2D eigenvalue weighted by molar-refractivity contribution is -0.765. The first-order valence-corrected chi connectivity index (χ1v) is 14.7. The summed E-state index contributed by atoms with van der Waals surface area (Å²) in [6.07, 6.45) is -1.95. The van der Waals surface area contributed by atoms with Crippen LogP contribution in [0.15, 0.2) is 24.5 Å². The van der Waals surface area contributed by atoms with E-state index >= 15 is 0 Å². The molecule has 1 aliphatic rings. The van der Waals surface area contributed by atoms with Crippen molar-refractivity contribution in [3.8, 4) is 0 Å². The molecule has 234 valence electrons. The van der Waals surface area contributed by atoms with Gasteiger partial charge in [-0.3, -0.25) is 28.5 Å². The first-order chi connectivity index (χ1) is 19.8. The van der Waals surface area contributed by atoms with Gasteiger partial charge in [-0.15, -0.1) is 0 Å². The molecule has 1 aromatic heterocycles. The highest BCUT2D eigenvalue weighted by Crippen LogP contribution is 2.41. The molecule has 1 aliphatic heterocycles. The minimum absolute atomic E-state index is 0.00923. The van der Waals surface area contributed by atoms with Crippen LogP contribution in [0.3, 0.4) is 0 Å². The molecule has 0 radical (unpaired) electrons. The number of methoxy groups -OCH3 is 2. The molecule has 0 aliphatic carbocycles. The zero-order valence-electron chi connectivity index (χ0n) is 24.3. The second kappa shape index (κ2) is 15.7. The Morgan fingerprint density at radius 3 is 1.98 bits per heavy atom. The molecule has 2 rings (SSSR count). The molecule has 0 bridgehead atoms. The number of carbonyl (C=O) groups excluding carboxylic acids is 5. The average Bonchev–Trinajstić information content (AvgIpc) is 3.30. The summed E-state index contributed by atoms with van der Waals surface area (Å²) in [6, 6.07) is 0.696. The molecule has 1 saturated heterocycles. The van der Waals surface area contributed by atoms with E-state index in [1.54, 1.807) is 13.8 Å². The minimum Gasteiger partial charge on any atom is -0.468 e. The lowest BCUT2D eigenvalue weighted by Crippen LogP contribution is -2.49. The second-order valence-electron chi connectivity index (χ2n) is 9.18. The van der Waals surface area contributed by atoms with E-state index in [2.05, 4.69) is 19.6 Å². The van der Waals surface area contributed by atoms with Crippen LogP contribution >= 0.6 is 7.67 Å². The van der Waals surface area contributed by atoms with Gasteiger partial charge in [0.05, 0.1) is 20.8 Å². The maximum Gasteiger partial charge on any atom is 0.342 e. The van der Waals surface area contributed by atoms with Gasteiger partial charge in [0.25, 0.3) is 5.91 Å². The molecule has 1 aromatic rings. The Morgan fingerprint density at radius 1 is 0.976 bits per heavy atom. The Bertz CT molecular complexity index is 1170. The van der Waals surface area contributed by atoms with Crippen molar-refractivity contribution in [3.05, 3.63) is 30.1 Å². The second-order valence-corrected chi connectivity index (χ2v) is 11.1. The first-order valence-electron chi connectivity index (χ1n) is 13.1. The number of hydrogen-bond donors (Lipinski definition) is 3. The van der Waals surface area contributed by atoms with E-state index < -0.39 is 80.7 Å². The average molecular weight is 618 g/mol. The number of rotatable bonds is 15. The summed E-state index contributed by atoms with van der Waals surface area (Å²) in [5.74, 6) is -3.55. The molecule has 0 aromatic carbocycles. The van der Waals surface area contributed by atoms with Crippen molar-refractivity contribution in [3.63, 3.8) is 0 Å². The standard InChI is InChI=1S/C25H37N4O12P/c1-7-18(30)40-20-17(13-38-42(35,27-14(3)24(33)36-5)28-15(4)25(34)37-6)39-23(21(20)41-19(31)8-2)29-11-9-10-16(12-29)22(26)32/h9-12,14-15,17,20-21,23H,7-8,13H2,1-6H3,(H3-,26,27,28,32,35)/p+1/t14-,15-,17+,20+,21+,23+/m0/s1. The van der Waals surface area contributed by atoms with Crippen molar-refractivity contribution in [2.24, 2.45) is 5.73 Å². The Morgan fingerprint density at radius 2 is 1.50 bits per heavy atom. The van der Waals surface area contributed by atoms with Gasteiger partial charge >= 0.3 is 37.8 Å². The van der Waals surface area contributed by atoms with Crippen molar-refractivity contribution in [1.82, 2.24) is 10.2 Å². The van der Waals surface area contributed by atoms with E-state index in [9.17, 15) is 28.5 Å². The number of ether oxygens (including phenoxy) is 5. The normalized spacial score (nSPS) is 21.6. The quantitative estimate of drug-likeness (QED) is 0.103. The van der Waals surface area contributed by atoms with E-state index in [-0.39, 0.29) is 18.4 Å². The smallest absolute Gasteiger partial charge is 0.342 e. The number of esters is 4. The van der Waals surface area contributed by atoms with Crippen LogP contribution in [-0.4, -0.2) is 81.0 Å². The summed E-state index contributed by atoms with van der Waals surface area (Å²) in [5, 5.41) is 4.99. The number of nitrogens with one attached hydrogen (secondary N) is 2. The summed E-state index contributed by atoms with van der Waals surface area (Å²) >= 11 is 0. The van der Waals surface area contributed by atoms with Crippen LogP contribution in [0.5, 0.6) is 0 Å². The number of primary amides is 1. The van der Waals surface area contributed by atoms with Gasteiger partial charge in [0.15, 0.2) is 18.5 Å². The third-order valence-corrected chi connectivity index (χ3v) is 8.02. The SMILES string of the molecule is CCC(=O)O[C@@H]1[C@H](OC(=O)CC)[C@@H](COP(=O)(N[C@@H](C)C(=O)OC)N[C@@H](C)C(=O)OC)O[C@H]1[n+]1cccc(C(N)=O)c1. The summed E-state index contributed by atoms with van der Waals surface area (Å²) in [5.41, 5.74) is 5.54. The summed E-state index contributed by atoms with van der Waals surface area (Å²) in [7, 11) is -1.97. The van der Waals surface area contributed by atoms with Crippen molar-refractivity contribution in [1.29, 1.82) is 0 Å². The van der Waals surface area contributed by atoms with Crippen LogP contribution in [0.25, 0.3) is 0 Å². The van der Waals surface area contributed by atoms with Crippen molar-refractivity contribution >= 4 is 37.5 Å². The van der Waals surface area contributed by atoms with Gasteiger partial charge in [0.2, 0.25) is 6.10 Å². The molecule has 0 unspecified atom stereocenters. The summed E-state index contributed by atoms with van der Waals surface area (Å²) < 4.78 is 47.6. The Kier molecular flexibility index (Phi) is 13.0. The van der Waals surface area contributed by atoms with E-state index in [1.807, 2.05) is 0 Å². The number of aromatic nitrogens is 1. The summed E-state index contributed by atoms with van der Waals surface area (Å²) in [6.45, 7) is 5.31. The fourth-order valence-electron chi connectivity index (χ4n) is 3.88. The topological polar surface area (TPSA) is 212 Å². The Hall–Kier alpha value is -3.43. The number of hydrogen-bond acceptors (Lipinski definition) is 12. The maximum atomic E-state index is 13.8. The van der Waals surface area contributed by atoms with Gasteiger partial charge in [0.1, 0.15) is 23.8 Å². The van der Waals surface area contributed by atoms with Crippen LogP contribution in [0.4, 0.5) is 0 Å². The highest BCUT2D eigenvalue weighted by molar-refractivity contribution is 7.54. The van der Waals surface area contributed by atoms with Gasteiger partial charge in [-0.25, -0.2) is 10.2 Å². The highest BCUT2D eigenvalue weighted by Gasteiger charge is 2.55. The van der Waals surface area contributed by atoms with Crippen molar-refractivity contribution in [2.75, 3.05) is 20.8 Å². The van der Waals surface area contributed by atoms with Gasteiger partial charge < -0.3 is 33.9 Å². The molecule has 1 fully saturated rings. The molecule has 17 heteroatoms. The van der Waals surface area contributed by atoms with E-state index in [1.165, 1.54) is 42.9 Å². The van der Waals surface area contributed by atoms with Gasteiger partial charge in [0, 0.05) is 18.9 Å². The third kappa shape index (κ3) is 9.29. The molecule has 6 atom stereocenters. The molecule has 4 N–H and O–H groups in total. The molecule has 2 heterocycles. The molecule has 16 nitrogen and oxygen atoms in total. The monoisotopic (exact) mass is 617 g/mol. The molecule has 0 saturated carbocycles.